The van der Waals surface area contributed by atoms with Gasteiger partial charge in [-0.15, -0.1) is 0 Å². The molecule has 1 N–H and O–H groups in total. The summed E-state index contributed by atoms with van der Waals surface area (Å²) in [5.74, 6) is -0.881. The molecule has 1 aromatic carbocycles. The van der Waals surface area contributed by atoms with Crippen LogP contribution >= 0.6 is 0 Å². The summed E-state index contributed by atoms with van der Waals surface area (Å²) in [5.41, 5.74) is 2.03. The largest absolute Gasteiger partial charge is 0.478 e. The standard InChI is InChI=1S/C14H15N3O2/c18-14(19)12-5-4-11(17-9-3-6-15-17)10-13(12)16-7-1-2-8-16/h3-6,9-10H,1-2,7-8H2,(H,18,19). The average Bonchev–Trinajstić information content (AvgIpc) is 3.11. The minimum Gasteiger partial charge on any atom is -0.478 e. The molecule has 0 amide bonds. The van der Waals surface area contributed by atoms with E-state index in [0.29, 0.717) is 5.56 Å². The Kier molecular flexibility index (Phi) is 2.95. The van der Waals surface area contributed by atoms with Gasteiger partial charge in [0.05, 0.1) is 16.9 Å². The number of rotatable bonds is 3. The van der Waals surface area contributed by atoms with Gasteiger partial charge in [0.25, 0.3) is 0 Å². The molecule has 1 fully saturated rings. The Balaban J connectivity index is 2.06. The highest BCUT2D eigenvalue weighted by Crippen LogP contribution is 2.27. The van der Waals surface area contributed by atoms with E-state index < -0.39 is 5.97 Å². The first-order chi connectivity index (χ1) is 9.25. The van der Waals surface area contributed by atoms with E-state index in [9.17, 15) is 9.90 Å². The fourth-order valence-electron chi connectivity index (χ4n) is 2.48. The van der Waals surface area contributed by atoms with Gasteiger partial charge in [-0.1, -0.05) is 0 Å². The first-order valence-electron chi connectivity index (χ1n) is 6.38. The number of nitrogens with zero attached hydrogens (tertiary/aromatic N) is 3. The molecule has 1 aliphatic heterocycles. The van der Waals surface area contributed by atoms with Crippen molar-refractivity contribution in [1.82, 2.24) is 9.78 Å². The number of aromatic nitrogens is 2. The van der Waals surface area contributed by atoms with Gasteiger partial charge in [0.2, 0.25) is 0 Å². The fraction of sp³-hybridized carbons (Fsp3) is 0.286. The van der Waals surface area contributed by atoms with E-state index in [-0.39, 0.29) is 0 Å². The number of carbonyl (C=O) groups is 1. The van der Waals surface area contributed by atoms with Crippen molar-refractivity contribution >= 4 is 11.7 Å². The Morgan fingerprint density at radius 2 is 2.05 bits per heavy atom. The Hall–Kier alpha value is -2.30. The van der Waals surface area contributed by atoms with Crippen LogP contribution in [0, 0.1) is 0 Å². The molecule has 0 spiro atoms. The first-order valence-corrected chi connectivity index (χ1v) is 6.38. The maximum Gasteiger partial charge on any atom is 0.337 e. The van der Waals surface area contributed by atoms with Crippen molar-refractivity contribution in [2.24, 2.45) is 0 Å². The second kappa shape index (κ2) is 4.76. The van der Waals surface area contributed by atoms with Crippen molar-refractivity contribution in [2.75, 3.05) is 18.0 Å². The number of hydrogen-bond acceptors (Lipinski definition) is 3. The Morgan fingerprint density at radius 1 is 1.26 bits per heavy atom. The third-order valence-corrected chi connectivity index (χ3v) is 3.43. The maximum absolute atomic E-state index is 11.3. The van der Waals surface area contributed by atoms with Crippen molar-refractivity contribution in [1.29, 1.82) is 0 Å². The van der Waals surface area contributed by atoms with E-state index in [1.54, 1.807) is 23.0 Å². The number of aromatic carboxylic acids is 1. The van der Waals surface area contributed by atoms with Crippen LogP contribution < -0.4 is 4.90 Å². The Morgan fingerprint density at radius 3 is 2.68 bits per heavy atom. The lowest BCUT2D eigenvalue weighted by atomic mass is 10.1. The van der Waals surface area contributed by atoms with Crippen LogP contribution in [0.4, 0.5) is 5.69 Å². The van der Waals surface area contributed by atoms with Gasteiger partial charge in [-0.05, 0) is 37.1 Å². The number of carboxylic acid groups (broad SMARTS) is 1. The van der Waals surface area contributed by atoms with Gasteiger partial charge in [0, 0.05) is 25.5 Å². The lowest BCUT2D eigenvalue weighted by Crippen LogP contribution is -2.21. The predicted octanol–water partition coefficient (Wildman–Crippen LogP) is 2.17. The third kappa shape index (κ3) is 2.19. The molecule has 0 saturated carbocycles. The van der Waals surface area contributed by atoms with Gasteiger partial charge < -0.3 is 10.0 Å². The molecule has 98 valence electrons. The number of hydrogen-bond donors (Lipinski definition) is 1. The van der Waals surface area contributed by atoms with E-state index >= 15 is 0 Å². The molecule has 0 radical (unpaired) electrons. The lowest BCUT2D eigenvalue weighted by molar-refractivity contribution is 0.0697. The summed E-state index contributed by atoms with van der Waals surface area (Å²) in [6.07, 6.45) is 5.79. The lowest BCUT2D eigenvalue weighted by Gasteiger charge is -2.20. The monoisotopic (exact) mass is 257 g/mol. The van der Waals surface area contributed by atoms with Gasteiger partial charge in [-0.25, -0.2) is 9.48 Å². The van der Waals surface area contributed by atoms with Gasteiger partial charge in [-0.3, -0.25) is 0 Å². The molecule has 1 saturated heterocycles. The fourth-order valence-corrected chi connectivity index (χ4v) is 2.48. The van der Waals surface area contributed by atoms with E-state index in [0.717, 1.165) is 37.3 Å². The molecule has 19 heavy (non-hydrogen) atoms. The van der Waals surface area contributed by atoms with E-state index in [1.807, 2.05) is 18.3 Å². The highest BCUT2D eigenvalue weighted by molar-refractivity contribution is 5.95. The van der Waals surface area contributed by atoms with Gasteiger partial charge in [-0.2, -0.15) is 5.10 Å². The van der Waals surface area contributed by atoms with Crippen LogP contribution in [-0.2, 0) is 0 Å². The zero-order chi connectivity index (χ0) is 13.2. The van der Waals surface area contributed by atoms with E-state index in [2.05, 4.69) is 10.00 Å². The zero-order valence-electron chi connectivity index (χ0n) is 10.5. The van der Waals surface area contributed by atoms with Gasteiger partial charge in [0.1, 0.15) is 0 Å². The normalized spacial score (nSPS) is 14.8. The zero-order valence-corrected chi connectivity index (χ0v) is 10.5. The summed E-state index contributed by atoms with van der Waals surface area (Å²) in [4.78, 5) is 13.5. The van der Waals surface area contributed by atoms with Crippen LogP contribution in [0.1, 0.15) is 23.2 Å². The summed E-state index contributed by atoms with van der Waals surface area (Å²) in [6, 6.07) is 7.20. The molecule has 0 bridgehead atoms. The molecular weight excluding hydrogens is 242 g/mol. The number of benzene rings is 1. The summed E-state index contributed by atoms with van der Waals surface area (Å²) >= 11 is 0. The maximum atomic E-state index is 11.3. The molecule has 0 atom stereocenters. The quantitative estimate of drug-likeness (QED) is 0.915. The molecule has 2 aromatic rings. The molecule has 5 heteroatoms. The third-order valence-electron chi connectivity index (χ3n) is 3.43. The number of carboxylic acids is 1. The average molecular weight is 257 g/mol. The van der Waals surface area contributed by atoms with E-state index in [4.69, 9.17) is 0 Å². The van der Waals surface area contributed by atoms with Crippen molar-refractivity contribution in [3.8, 4) is 5.69 Å². The molecule has 2 heterocycles. The second-order valence-corrected chi connectivity index (χ2v) is 4.65. The van der Waals surface area contributed by atoms with Crippen LogP contribution in [0.2, 0.25) is 0 Å². The van der Waals surface area contributed by atoms with Gasteiger partial charge in [0.15, 0.2) is 0 Å². The summed E-state index contributed by atoms with van der Waals surface area (Å²) < 4.78 is 1.74. The summed E-state index contributed by atoms with van der Waals surface area (Å²) in [7, 11) is 0. The molecule has 1 aromatic heterocycles. The first kappa shape index (κ1) is 11.8. The van der Waals surface area contributed by atoms with Crippen molar-refractivity contribution < 1.29 is 9.90 Å². The summed E-state index contributed by atoms with van der Waals surface area (Å²) in [5, 5.41) is 13.5. The molecule has 1 aliphatic rings. The second-order valence-electron chi connectivity index (χ2n) is 4.65. The topological polar surface area (TPSA) is 58.4 Å². The molecular formula is C14H15N3O2. The highest BCUT2D eigenvalue weighted by Gasteiger charge is 2.19. The summed E-state index contributed by atoms with van der Waals surface area (Å²) in [6.45, 7) is 1.84. The molecule has 5 nitrogen and oxygen atoms in total. The predicted molar refractivity (Wildman–Crippen MR) is 72.0 cm³/mol. The van der Waals surface area contributed by atoms with Crippen LogP contribution in [0.3, 0.4) is 0 Å². The smallest absolute Gasteiger partial charge is 0.337 e. The molecule has 3 rings (SSSR count). The van der Waals surface area contributed by atoms with Crippen molar-refractivity contribution in [3.05, 3.63) is 42.2 Å². The minimum absolute atomic E-state index is 0.359. The molecule has 0 aliphatic carbocycles. The molecule has 0 unspecified atom stereocenters. The van der Waals surface area contributed by atoms with Crippen molar-refractivity contribution in [3.63, 3.8) is 0 Å². The Bertz CT molecular complexity index is 587. The van der Waals surface area contributed by atoms with Gasteiger partial charge >= 0.3 is 5.97 Å². The minimum atomic E-state index is -0.881. The van der Waals surface area contributed by atoms with E-state index in [1.165, 1.54) is 0 Å². The number of anilines is 1. The van der Waals surface area contributed by atoms with Crippen LogP contribution in [0.15, 0.2) is 36.7 Å². The van der Waals surface area contributed by atoms with Crippen molar-refractivity contribution in [2.45, 2.75) is 12.8 Å². The Labute approximate surface area is 111 Å². The van der Waals surface area contributed by atoms with Crippen LogP contribution in [-0.4, -0.2) is 33.9 Å². The highest BCUT2D eigenvalue weighted by atomic mass is 16.4. The van der Waals surface area contributed by atoms with Crippen LogP contribution in [0.25, 0.3) is 5.69 Å². The SMILES string of the molecule is O=C(O)c1ccc(-n2cccn2)cc1N1CCCC1. The van der Waals surface area contributed by atoms with Crippen LogP contribution in [0.5, 0.6) is 0 Å².